The third-order valence-electron chi connectivity index (χ3n) is 5.08. The Balaban J connectivity index is 1.51. The molecule has 0 radical (unpaired) electrons. The van der Waals surface area contributed by atoms with Gasteiger partial charge in [-0.1, -0.05) is 55.9 Å². The van der Waals surface area contributed by atoms with Crippen LogP contribution >= 0.6 is 23.1 Å². The number of amides is 1. The van der Waals surface area contributed by atoms with Crippen molar-refractivity contribution in [2.45, 2.75) is 31.8 Å². The van der Waals surface area contributed by atoms with E-state index in [1.807, 2.05) is 24.4 Å². The largest absolute Gasteiger partial charge is 0.506 e. The maximum absolute atomic E-state index is 12.8. The standard InChI is InChI=1S/C24H23N3O3S2/c1-13(2)15-5-7-16(8-6-15)17-11-31-23-21(17)22(30)26-24(27-23)32-12-20(29)25-18-10-14(3)4-9-19(18)28/h4-11,13,28H,12H2,1-3H3,(H,25,29)(H,26,27,30). The fourth-order valence-electron chi connectivity index (χ4n) is 3.33. The van der Waals surface area contributed by atoms with E-state index in [1.165, 1.54) is 23.0 Å². The van der Waals surface area contributed by atoms with E-state index in [0.717, 1.165) is 28.5 Å². The maximum Gasteiger partial charge on any atom is 0.260 e. The van der Waals surface area contributed by atoms with Gasteiger partial charge in [-0.05, 0) is 41.7 Å². The number of aromatic amines is 1. The number of hydrogen-bond acceptors (Lipinski definition) is 6. The second-order valence-corrected chi connectivity index (χ2v) is 9.66. The quantitative estimate of drug-likeness (QED) is 0.198. The average Bonchev–Trinajstić information content (AvgIpc) is 3.19. The number of thiophene rings is 1. The zero-order valence-corrected chi connectivity index (χ0v) is 19.6. The maximum atomic E-state index is 12.8. The molecule has 0 saturated carbocycles. The van der Waals surface area contributed by atoms with Gasteiger partial charge in [0, 0.05) is 10.9 Å². The van der Waals surface area contributed by atoms with Crippen molar-refractivity contribution in [1.82, 2.24) is 9.97 Å². The molecule has 2 aromatic heterocycles. The van der Waals surface area contributed by atoms with Crippen LogP contribution in [-0.4, -0.2) is 26.7 Å². The summed E-state index contributed by atoms with van der Waals surface area (Å²) in [4.78, 5) is 33.1. The lowest BCUT2D eigenvalue weighted by Crippen LogP contribution is -2.15. The summed E-state index contributed by atoms with van der Waals surface area (Å²) in [5, 5.41) is 15.5. The summed E-state index contributed by atoms with van der Waals surface area (Å²) in [7, 11) is 0. The van der Waals surface area contributed by atoms with Crippen LogP contribution in [0.25, 0.3) is 21.3 Å². The van der Waals surface area contributed by atoms with E-state index in [-0.39, 0.29) is 23.0 Å². The van der Waals surface area contributed by atoms with Gasteiger partial charge in [0.05, 0.1) is 16.8 Å². The van der Waals surface area contributed by atoms with Gasteiger partial charge >= 0.3 is 0 Å². The van der Waals surface area contributed by atoms with E-state index >= 15 is 0 Å². The molecule has 0 aliphatic carbocycles. The Kier molecular flexibility index (Phi) is 6.34. The molecule has 8 heteroatoms. The number of aromatic hydroxyl groups is 1. The third kappa shape index (κ3) is 4.71. The van der Waals surface area contributed by atoms with Crippen LogP contribution in [0.5, 0.6) is 5.75 Å². The summed E-state index contributed by atoms with van der Waals surface area (Å²) in [5.74, 6) is 0.210. The number of anilines is 1. The van der Waals surface area contributed by atoms with Crippen molar-refractivity contribution in [3.8, 4) is 16.9 Å². The number of nitrogens with zero attached hydrogens (tertiary/aromatic N) is 1. The molecule has 3 N–H and O–H groups in total. The van der Waals surface area contributed by atoms with Crippen LogP contribution < -0.4 is 10.9 Å². The fraction of sp³-hybridized carbons (Fsp3) is 0.208. The Labute approximate surface area is 193 Å². The summed E-state index contributed by atoms with van der Waals surface area (Å²) >= 11 is 2.55. The molecule has 2 aromatic carbocycles. The second-order valence-electron chi connectivity index (χ2n) is 7.83. The lowest BCUT2D eigenvalue weighted by atomic mass is 9.99. The van der Waals surface area contributed by atoms with Crippen LogP contribution in [0.4, 0.5) is 5.69 Å². The van der Waals surface area contributed by atoms with E-state index < -0.39 is 0 Å². The molecular weight excluding hydrogens is 442 g/mol. The molecule has 0 aliphatic heterocycles. The third-order valence-corrected chi connectivity index (χ3v) is 6.82. The number of aryl methyl sites for hydroxylation is 1. The highest BCUT2D eigenvalue weighted by Crippen LogP contribution is 2.32. The molecule has 164 valence electrons. The highest BCUT2D eigenvalue weighted by atomic mass is 32.2. The molecule has 2 heterocycles. The Morgan fingerprint density at radius 1 is 1.22 bits per heavy atom. The fourth-order valence-corrected chi connectivity index (χ4v) is 4.99. The highest BCUT2D eigenvalue weighted by Gasteiger charge is 2.15. The number of nitrogens with one attached hydrogen (secondary N) is 2. The first-order chi connectivity index (χ1) is 15.3. The lowest BCUT2D eigenvalue weighted by Gasteiger charge is -2.08. The van der Waals surface area contributed by atoms with Crippen molar-refractivity contribution < 1.29 is 9.90 Å². The zero-order valence-electron chi connectivity index (χ0n) is 17.9. The molecule has 0 atom stereocenters. The van der Waals surface area contributed by atoms with Crippen molar-refractivity contribution in [3.05, 3.63) is 69.3 Å². The molecular formula is C24H23N3O3S2. The van der Waals surface area contributed by atoms with E-state index in [9.17, 15) is 14.7 Å². The monoisotopic (exact) mass is 465 g/mol. The van der Waals surface area contributed by atoms with Crippen molar-refractivity contribution in [2.24, 2.45) is 0 Å². The molecule has 32 heavy (non-hydrogen) atoms. The molecule has 4 rings (SSSR count). The van der Waals surface area contributed by atoms with Gasteiger partial charge in [0.15, 0.2) is 5.16 Å². The Hall–Kier alpha value is -3.10. The summed E-state index contributed by atoms with van der Waals surface area (Å²) < 4.78 is 0. The topological polar surface area (TPSA) is 95.1 Å². The molecule has 0 spiro atoms. The van der Waals surface area contributed by atoms with Gasteiger partial charge in [-0.25, -0.2) is 4.98 Å². The lowest BCUT2D eigenvalue weighted by molar-refractivity contribution is -0.113. The van der Waals surface area contributed by atoms with Crippen LogP contribution in [-0.2, 0) is 4.79 Å². The van der Waals surface area contributed by atoms with Gasteiger partial charge in [-0.15, -0.1) is 11.3 Å². The first-order valence-corrected chi connectivity index (χ1v) is 12.0. The molecule has 4 aromatic rings. The summed E-state index contributed by atoms with van der Waals surface area (Å²) in [6, 6.07) is 13.2. The van der Waals surface area contributed by atoms with Crippen LogP contribution in [0.2, 0.25) is 0 Å². The van der Waals surface area contributed by atoms with Gasteiger partial charge in [-0.3, -0.25) is 9.59 Å². The molecule has 0 saturated heterocycles. The van der Waals surface area contributed by atoms with Gasteiger partial charge in [-0.2, -0.15) is 0 Å². The number of phenolic OH excluding ortho intramolecular Hbond substituents is 1. The molecule has 0 fully saturated rings. The number of fused-ring (bicyclic) bond motifs is 1. The first-order valence-electron chi connectivity index (χ1n) is 10.2. The Morgan fingerprint density at radius 3 is 2.69 bits per heavy atom. The van der Waals surface area contributed by atoms with Crippen molar-refractivity contribution in [1.29, 1.82) is 0 Å². The van der Waals surface area contributed by atoms with E-state index in [0.29, 0.717) is 27.0 Å². The minimum Gasteiger partial charge on any atom is -0.506 e. The van der Waals surface area contributed by atoms with Crippen molar-refractivity contribution in [2.75, 3.05) is 11.1 Å². The molecule has 6 nitrogen and oxygen atoms in total. The van der Waals surface area contributed by atoms with Crippen LogP contribution in [0, 0.1) is 6.92 Å². The van der Waals surface area contributed by atoms with Gasteiger partial charge in [0.1, 0.15) is 10.6 Å². The number of rotatable bonds is 6. The normalized spacial score (nSPS) is 11.2. The van der Waals surface area contributed by atoms with E-state index in [1.54, 1.807) is 12.1 Å². The van der Waals surface area contributed by atoms with Crippen LogP contribution in [0.1, 0.15) is 30.9 Å². The smallest absolute Gasteiger partial charge is 0.260 e. The summed E-state index contributed by atoms with van der Waals surface area (Å²) in [5.41, 5.74) is 4.15. The number of benzene rings is 2. The van der Waals surface area contributed by atoms with Crippen molar-refractivity contribution in [3.63, 3.8) is 0 Å². The predicted molar refractivity (Wildman–Crippen MR) is 132 cm³/mol. The van der Waals surface area contributed by atoms with Crippen LogP contribution in [0.3, 0.4) is 0 Å². The number of carbonyl (C=O) groups excluding carboxylic acids is 1. The van der Waals surface area contributed by atoms with Gasteiger partial charge in [0.25, 0.3) is 5.56 Å². The number of thioether (sulfide) groups is 1. The molecule has 0 unspecified atom stereocenters. The number of H-pyrrole nitrogens is 1. The molecule has 0 bridgehead atoms. The van der Waals surface area contributed by atoms with E-state index in [4.69, 9.17) is 0 Å². The number of aromatic nitrogens is 2. The molecule has 1 amide bonds. The number of phenols is 1. The molecule has 0 aliphatic rings. The summed E-state index contributed by atoms with van der Waals surface area (Å²) in [6.45, 7) is 6.17. The highest BCUT2D eigenvalue weighted by molar-refractivity contribution is 7.99. The SMILES string of the molecule is Cc1ccc(O)c(NC(=O)CSc2nc3scc(-c4ccc(C(C)C)cc4)c3c(=O)[nH]2)c1. The number of carbonyl (C=O) groups is 1. The zero-order chi connectivity index (χ0) is 22.8. The minimum atomic E-state index is -0.296. The second kappa shape index (κ2) is 9.18. The minimum absolute atomic E-state index is 0.00874. The predicted octanol–water partition coefficient (Wildman–Crippen LogP) is 5.52. The Bertz CT molecular complexity index is 1340. The first kappa shape index (κ1) is 22.1. The Morgan fingerprint density at radius 2 is 1.97 bits per heavy atom. The number of hydrogen-bond donors (Lipinski definition) is 3. The average molecular weight is 466 g/mol. The van der Waals surface area contributed by atoms with Gasteiger partial charge in [0.2, 0.25) is 5.91 Å². The van der Waals surface area contributed by atoms with Gasteiger partial charge < -0.3 is 15.4 Å². The van der Waals surface area contributed by atoms with Crippen molar-refractivity contribution >= 4 is 44.9 Å². The van der Waals surface area contributed by atoms with E-state index in [2.05, 4.69) is 41.3 Å². The van der Waals surface area contributed by atoms with Crippen LogP contribution in [0.15, 0.2) is 57.8 Å². The summed E-state index contributed by atoms with van der Waals surface area (Å²) in [6.07, 6.45) is 0.